The molecule has 1 aromatic carbocycles. The summed E-state index contributed by atoms with van der Waals surface area (Å²) in [6.07, 6.45) is -0.521. The summed E-state index contributed by atoms with van der Waals surface area (Å²) in [5, 5.41) is 10.7. The molecule has 2 rings (SSSR count). The van der Waals surface area contributed by atoms with Crippen LogP contribution in [-0.4, -0.2) is 37.4 Å². The molecule has 1 fully saturated rings. The number of methoxy groups -OCH3 is 2. The third-order valence-electron chi connectivity index (χ3n) is 3.38. The second kappa shape index (κ2) is 5.50. The van der Waals surface area contributed by atoms with Crippen molar-refractivity contribution in [2.24, 2.45) is 0 Å². The van der Waals surface area contributed by atoms with Crippen molar-refractivity contribution in [1.29, 1.82) is 0 Å². The van der Waals surface area contributed by atoms with Crippen molar-refractivity contribution in [1.82, 2.24) is 0 Å². The lowest BCUT2D eigenvalue weighted by Crippen LogP contribution is -2.47. The van der Waals surface area contributed by atoms with Crippen molar-refractivity contribution in [2.45, 2.75) is 24.5 Å². The third-order valence-corrected chi connectivity index (χ3v) is 3.38. The number of aliphatic hydroxyl groups is 1. The van der Waals surface area contributed by atoms with E-state index < -0.39 is 23.6 Å². The molecule has 0 aliphatic carbocycles. The number of cyclic esters (lactones) is 1. The lowest BCUT2D eigenvalue weighted by molar-refractivity contribution is -0.181. The first kappa shape index (κ1) is 14.3. The van der Waals surface area contributed by atoms with Crippen LogP contribution in [0.15, 0.2) is 24.3 Å². The average molecular weight is 280 g/mol. The molecular formula is C14H16O6. The van der Waals surface area contributed by atoms with Crippen LogP contribution in [0.4, 0.5) is 0 Å². The number of carbonyl (C=O) groups is 2. The highest BCUT2D eigenvalue weighted by atomic mass is 16.6. The second-order valence-electron chi connectivity index (χ2n) is 4.50. The first-order chi connectivity index (χ1) is 9.52. The predicted octanol–water partition coefficient (Wildman–Crippen LogP) is 0.761. The zero-order valence-electron chi connectivity index (χ0n) is 11.3. The Bertz CT molecular complexity index is 509. The molecule has 1 aliphatic rings. The Morgan fingerprint density at radius 3 is 2.45 bits per heavy atom. The molecule has 1 aromatic rings. The van der Waals surface area contributed by atoms with E-state index in [0.29, 0.717) is 11.3 Å². The van der Waals surface area contributed by atoms with E-state index in [9.17, 15) is 14.7 Å². The zero-order valence-corrected chi connectivity index (χ0v) is 11.3. The summed E-state index contributed by atoms with van der Waals surface area (Å²) in [6.45, 7) is 0. The van der Waals surface area contributed by atoms with Gasteiger partial charge in [-0.2, -0.15) is 0 Å². The maximum absolute atomic E-state index is 12.0. The van der Waals surface area contributed by atoms with Crippen molar-refractivity contribution in [2.75, 3.05) is 14.2 Å². The van der Waals surface area contributed by atoms with Crippen LogP contribution in [0, 0.1) is 0 Å². The lowest BCUT2D eigenvalue weighted by Gasteiger charge is -2.30. The van der Waals surface area contributed by atoms with Crippen LogP contribution >= 0.6 is 0 Å². The van der Waals surface area contributed by atoms with E-state index in [1.54, 1.807) is 24.3 Å². The van der Waals surface area contributed by atoms with Gasteiger partial charge < -0.3 is 19.3 Å². The van der Waals surface area contributed by atoms with Gasteiger partial charge in [0.25, 0.3) is 0 Å². The number of rotatable bonds is 4. The Morgan fingerprint density at radius 2 is 2.00 bits per heavy atom. The minimum atomic E-state index is -2.01. The molecular weight excluding hydrogens is 264 g/mol. The predicted molar refractivity (Wildman–Crippen MR) is 68.0 cm³/mol. The Labute approximate surface area is 116 Å². The smallest absolute Gasteiger partial charge is 0.346 e. The van der Waals surface area contributed by atoms with Gasteiger partial charge in [0.1, 0.15) is 11.9 Å². The van der Waals surface area contributed by atoms with Crippen LogP contribution in [0.1, 0.15) is 18.4 Å². The summed E-state index contributed by atoms with van der Waals surface area (Å²) in [7, 11) is 2.69. The van der Waals surface area contributed by atoms with E-state index in [0.717, 1.165) is 0 Å². The quantitative estimate of drug-likeness (QED) is 0.820. The molecule has 0 radical (unpaired) electrons. The Kier molecular flexibility index (Phi) is 3.94. The number of carbonyl (C=O) groups excluding carboxylic acids is 2. The summed E-state index contributed by atoms with van der Waals surface area (Å²) >= 11 is 0. The summed E-state index contributed by atoms with van der Waals surface area (Å²) in [4.78, 5) is 23.2. The number of ether oxygens (including phenoxy) is 3. The highest BCUT2D eigenvalue weighted by Crippen LogP contribution is 2.35. The van der Waals surface area contributed by atoms with Crippen molar-refractivity contribution >= 4 is 11.9 Å². The van der Waals surface area contributed by atoms with Crippen LogP contribution < -0.4 is 4.74 Å². The topological polar surface area (TPSA) is 82.1 Å². The van der Waals surface area contributed by atoms with Crippen molar-refractivity contribution in [3.8, 4) is 5.75 Å². The highest BCUT2D eigenvalue weighted by molar-refractivity contribution is 5.83. The largest absolute Gasteiger partial charge is 0.497 e. The Balaban J connectivity index is 2.40. The molecule has 6 nitrogen and oxygen atoms in total. The van der Waals surface area contributed by atoms with E-state index in [1.807, 2.05) is 0 Å². The number of hydrogen-bond acceptors (Lipinski definition) is 6. The van der Waals surface area contributed by atoms with Gasteiger partial charge in [0.05, 0.1) is 14.2 Å². The second-order valence-corrected chi connectivity index (χ2v) is 4.50. The maximum Gasteiger partial charge on any atom is 0.346 e. The fraction of sp³-hybridized carbons (Fsp3) is 0.429. The fourth-order valence-electron chi connectivity index (χ4n) is 2.26. The van der Waals surface area contributed by atoms with Crippen LogP contribution in [0.5, 0.6) is 5.75 Å². The molecule has 1 heterocycles. The van der Waals surface area contributed by atoms with Crippen LogP contribution in [-0.2, 0) is 24.7 Å². The summed E-state index contributed by atoms with van der Waals surface area (Å²) < 4.78 is 14.7. The molecule has 0 amide bonds. The summed E-state index contributed by atoms with van der Waals surface area (Å²) in [5.74, 6) is -0.711. The Morgan fingerprint density at radius 1 is 1.35 bits per heavy atom. The van der Waals surface area contributed by atoms with Gasteiger partial charge in [0.2, 0.25) is 5.60 Å². The van der Waals surface area contributed by atoms with Gasteiger partial charge in [-0.1, -0.05) is 12.1 Å². The normalized spacial score (nSPS) is 20.9. The van der Waals surface area contributed by atoms with Crippen LogP contribution in [0.3, 0.4) is 0 Å². The van der Waals surface area contributed by atoms with E-state index in [4.69, 9.17) is 9.47 Å². The van der Waals surface area contributed by atoms with Crippen LogP contribution in [0.2, 0.25) is 0 Å². The molecule has 0 spiro atoms. The van der Waals surface area contributed by atoms with Crippen molar-refractivity contribution in [3.63, 3.8) is 0 Å². The lowest BCUT2D eigenvalue weighted by atomic mass is 9.86. The van der Waals surface area contributed by atoms with Gasteiger partial charge in [-0.05, 0) is 24.1 Å². The SMILES string of the molecule is COC(=O)[C@@](O)(c1ccc(OC)cc1)[C@H]1CCC(=O)O1. The molecule has 0 saturated carbocycles. The standard InChI is InChI=1S/C14H16O6/c1-18-10-5-3-9(4-6-10)14(17,13(16)19-2)11-7-8-12(15)20-11/h3-6,11,17H,7-8H2,1-2H3/t11-,14-/m1/s1. The van der Waals surface area contributed by atoms with Crippen molar-refractivity contribution < 1.29 is 28.9 Å². The molecule has 0 unspecified atom stereocenters. The molecule has 6 heteroatoms. The van der Waals surface area contributed by atoms with E-state index >= 15 is 0 Å². The summed E-state index contributed by atoms with van der Waals surface area (Å²) in [6, 6.07) is 6.31. The fourth-order valence-corrected chi connectivity index (χ4v) is 2.26. The number of benzene rings is 1. The average Bonchev–Trinajstić information content (AvgIpc) is 2.92. The number of hydrogen-bond donors (Lipinski definition) is 1. The van der Waals surface area contributed by atoms with Gasteiger partial charge in [0.15, 0.2) is 0 Å². The molecule has 108 valence electrons. The zero-order chi connectivity index (χ0) is 14.8. The van der Waals surface area contributed by atoms with Gasteiger partial charge >= 0.3 is 11.9 Å². The monoisotopic (exact) mass is 280 g/mol. The van der Waals surface area contributed by atoms with Gasteiger partial charge in [-0.3, -0.25) is 4.79 Å². The molecule has 1 N–H and O–H groups in total. The van der Waals surface area contributed by atoms with E-state index in [-0.39, 0.29) is 12.8 Å². The first-order valence-corrected chi connectivity index (χ1v) is 6.17. The van der Waals surface area contributed by atoms with Crippen LogP contribution in [0.25, 0.3) is 0 Å². The molecule has 0 aromatic heterocycles. The minimum absolute atomic E-state index is 0.167. The highest BCUT2D eigenvalue weighted by Gasteiger charge is 2.51. The van der Waals surface area contributed by atoms with E-state index in [1.165, 1.54) is 14.2 Å². The van der Waals surface area contributed by atoms with Crippen molar-refractivity contribution in [3.05, 3.63) is 29.8 Å². The Hall–Kier alpha value is -2.08. The summed E-state index contributed by atoms with van der Waals surface area (Å²) in [5.41, 5.74) is -1.71. The van der Waals surface area contributed by atoms with E-state index in [2.05, 4.69) is 4.74 Å². The molecule has 1 aliphatic heterocycles. The maximum atomic E-state index is 12.0. The number of esters is 2. The van der Waals surface area contributed by atoms with Gasteiger partial charge in [-0.25, -0.2) is 4.79 Å². The first-order valence-electron chi connectivity index (χ1n) is 6.17. The minimum Gasteiger partial charge on any atom is -0.497 e. The van der Waals surface area contributed by atoms with Gasteiger partial charge in [0, 0.05) is 6.42 Å². The molecule has 0 bridgehead atoms. The molecule has 2 atom stereocenters. The molecule has 20 heavy (non-hydrogen) atoms. The molecule has 1 saturated heterocycles. The third kappa shape index (κ3) is 2.34. The van der Waals surface area contributed by atoms with Gasteiger partial charge in [-0.15, -0.1) is 0 Å².